The van der Waals surface area contributed by atoms with Crippen LogP contribution in [-0.4, -0.2) is 0 Å². The van der Waals surface area contributed by atoms with Crippen LogP contribution >= 0.6 is 39.1 Å². The van der Waals surface area contributed by atoms with Crippen molar-refractivity contribution in [2.24, 2.45) is 0 Å². The predicted octanol–water partition coefficient (Wildman–Crippen LogP) is 5.79. The van der Waals surface area contributed by atoms with Crippen molar-refractivity contribution >= 4 is 45.2 Å². The summed E-state index contributed by atoms with van der Waals surface area (Å²) in [7, 11) is 0. The van der Waals surface area contributed by atoms with E-state index in [-0.39, 0.29) is 0 Å². The molecular weight excluding hydrogens is 331 g/mol. The van der Waals surface area contributed by atoms with E-state index < -0.39 is 4.33 Å². The highest BCUT2D eigenvalue weighted by Gasteiger charge is 2.22. The molecule has 0 aliphatic rings. The minimum Gasteiger partial charge on any atom is -0.0916 e. The molecule has 0 heterocycles. The van der Waals surface area contributed by atoms with Gasteiger partial charge in [0.05, 0.1) is 0 Å². The van der Waals surface area contributed by atoms with Gasteiger partial charge in [-0.2, -0.15) is 0 Å². The standard InChI is InChI=1S/C15H11BrCl2/c16-14-8-6-12(7-9-14)10-11-15(17,18)13-4-2-1-3-5-13/h1-11H. The van der Waals surface area contributed by atoms with Crippen LogP contribution in [0, 0.1) is 0 Å². The third-order valence-electron chi connectivity index (χ3n) is 2.51. The maximum absolute atomic E-state index is 6.31. The van der Waals surface area contributed by atoms with Gasteiger partial charge in [-0.15, -0.1) is 0 Å². The first kappa shape index (κ1) is 13.7. The Balaban J connectivity index is 2.20. The molecule has 0 aromatic heterocycles. The second kappa shape index (κ2) is 5.92. The van der Waals surface area contributed by atoms with Crippen LogP contribution in [0.2, 0.25) is 0 Å². The van der Waals surface area contributed by atoms with E-state index in [0.717, 1.165) is 15.6 Å². The molecule has 3 heteroatoms. The van der Waals surface area contributed by atoms with E-state index in [9.17, 15) is 0 Å². The summed E-state index contributed by atoms with van der Waals surface area (Å²) in [4.78, 5) is 0. The van der Waals surface area contributed by atoms with E-state index in [0.29, 0.717) is 0 Å². The summed E-state index contributed by atoms with van der Waals surface area (Å²) in [6, 6.07) is 17.5. The zero-order valence-electron chi connectivity index (χ0n) is 9.48. The van der Waals surface area contributed by atoms with Crippen LogP contribution in [0.25, 0.3) is 6.08 Å². The van der Waals surface area contributed by atoms with Crippen molar-refractivity contribution in [2.45, 2.75) is 4.33 Å². The number of benzene rings is 2. The molecule has 0 radical (unpaired) electrons. The average Bonchev–Trinajstić information content (AvgIpc) is 2.39. The maximum Gasteiger partial charge on any atom is 0.161 e. The molecule has 0 aliphatic heterocycles. The van der Waals surface area contributed by atoms with Gasteiger partial charge in [-0.3, -0.25) is 0 Å². The Morgan fingerprint density at radius 3 is 2.11 bits per heavy atom. The van der Waals surface area contributed by atoms with Gasteiger partial charge >= 0.3 is 0 Å². The first-order chi connectivity index (χ1) is 8.58. The lowest BCUT2D eigenvalue weighted by molar-refractivity contribution is 1.11. The molecule has 2 aromatic carbocycles. The Morgan fingerprint density at radius 1 is 0.889 bits per heavy atom. The fourth-order valence-electron chi connectivity index (χ4n) is 1.53. The Morgan fingerprint density at radius 2 is 1.50 bits per heavy atom. The Kier molecular flexibility index (Phi) is 4.50. The van der Waals surface area contributed by atoms with Crippen LogP contribution in [0.4, 0.5) is 0 Å². The lowest BCUT2D eigenvalue weighted by Gasteiger charge is -2.15. The lowest BCUT2D eigenvalue weighted by atomic mass is 10.1. The van der Waals surface area contributed by atoms with Gasteiger partial charge in [0.25, 0.3) is 0 Å². The topological polar surface area (TPSA) is 0 Å². The van der Waals surface area contributed by atoms with Gasteiger partial charge in [0.2, 0.25) is 0 Å². The van der Waals surface area contributed by atoms with Gasteiger partial charge in [-0.1, -0.05) is 87.7 Å². The minimum absolute atomic E-state index is 0.863. The molecule has 0 saturated heterocycles. The van der Waals surface area contributed by atoms with Crippen molar-refractivity contribution < 1.29 is 0 Å². The molecule has 0 atom stereocenters. The zero-order chi connectivity index (χ0) is 13.0. The SMILES string of the molecule is ClC(Cl)(C=Cc1ccc(Br)cc1)c1ccccc1. The van der Waals surface area contributed by atoms with Crippen molar-refractivity contribution in [2.75, 3.05) is 0 Å². The minimum atomic E-state index is -1.01. The fraction of sp³-hybridized carbons (Fsp3) is 0.0667. The summed E-state index contributed by atoms with van der Waals surface area (Å²) in [5.74, 6) is 0. The predicted molar refractivity (Wildman–Crippen MR) is 83.0 cm³/mol. The second-order valence-electron chi connectivity index (χ2n) is 3.87. The lowest BCUT2D eigenvalue weighted by Crippen LogP contribution is -2.05. The first-order valence-electron chi connectivity index (χ1n) is 5.46. The molecular formula is C15H11BrCl2. The molecule has 0 saturated carbocycles. The number of hydrogen-bond acceptors (Lipinski definition) is 0. The number of rotatable bonds is 3. The van der Waals surface area contributed by atoms with Crippen molar-refractivity contribution in [3.63, 3.8) is 0 Å². The van der Waals surface area contributed by atoms with Crippen molar-refractivity contribution in [3.05, 3.63) is 76.3 Å². The van der Waals surface area contributed by atoms with Gasteiger partial charge in [0.15, 0.2) is 4.33 Å². The normalized spacial score (nSPS) is 11.9. The summed E-state index contributed by atoms with van der Waals surface area (Å²) < 4.78 is 0.0413. The van der Waals surface area contributed by atoms with Crippen LogP contribution in [0.1, 0.15) is 11.1 Å². The molecule has 2 aromatic rings. The fourth-order valence-corrected chi connectivity index (χ4v) is 2.17. The summed E-state index contributed by atoms with van der Waals surface area (Å²) in [6.07, 6.45) is 3.70. The van der Waals surface area contributed by atoms with Crippen molar-refractivity contribution in [1.29, 1.82) is 0 Å². The van der Waals surface area contributed by atoms with E-state index in [4.69, 9.17) is 23.2 Å². The smallest absolute Gasteiger partial charge is 0.0916 e. The number of allylic oxidation sites excluding steroid dienone is 1. The zero-order valence-corrected chi connectivity index (χ0v) is 12.6. The van der Waals surface area contributed by atoms with Crippen molar-refractivity contribution in [3.8, 4) is 0 Å². The maximum atomic E-state index is 6.31. The molecule has 0 aliphatic carbocycles. The van der Waals surface area contributed by atoms with Gasteiger partial charge in [0.1, 0.15) is 0 Å². The molecule has 0 nitrogen and oxygen atoms in total. The van der Waals surface area contributed by atoms with Gasteiger partial charge in [-0.25, -0.2) is 0 Å². The van der Waals surface area contributed by atoms with Crippen LogP contribution in [0.3, 0.4) is 0 Å². The van der Waals surface area contributed by atoms with Crippen LogP contribution < -0.4 is 0 Å². The molecule has 0 spiro atoms. The molecule has 18 heavy (non-hydrogen) atoms. The largest absolute Gasteiger partial charge is 0.161 e. The van der Waals surface area contributed by atoms with Crippen LogP contribution in [-0.2, 0) is 4.33 Å². The first-order valence-corrected chi connectivity index (χ1v) is 7.01. The molecule has 0 bridgehead atoms. The van der Waals surface area contributed by atoms with E-state index in [2.05, 4.69) is 15.9 Å². The van der Waals surface area contributed by atoms with Gasteiger partial charge < -0.3 is 0 Å². The third-order valence-corrected chi connectivity index (χ3v) is 3.73. The average molecular weight is 342 g/mol. The molecule has 92 valence electrons. The molecule has 0 amide bonds. The molecule has 0 N–H and O–H groups in total. The summed E-state index contributed by atoms with van der Waals surface area (Å²) in [5.41, 5.74) is 1.92. The molecule has 0 fully saturated rings. The second-order valence-corrected chi connectivity index (χ2v) is 6.18. The number of halogens is 3. The summed E-state index contributed by atoms with van der Waals surface area (Å²) >= 11 is 16.0. The van der Waals surface area contributed by atoms with Gasteiger partial charge in [0, 0.05) is 4.47 Å². The summed E-state index contributed by atoms with van der Waals surface area (Å²) in [5, 5.41) is 0. The van der Waals surface area contributed by atoms with Gasteiger partial charge in [-0.05, 0) is 29.3 Å². The van der Waals surface area contributed by atoms with Crippen LogP contribution in [0.15, 0.2) is 65.1 Å². The highest BCUT2D eigenvalue weighted by molar-refractivity contribution is 9.10. The number of hydrogen-bond donors (Lipinski definition) is 0. The highest BCUT2D eigenvalue weighted by Crippen LogP contribution is 2.35. The molecule has 0 unspecified atom stereocenters. The van der Waals surface area contributed by atoms with Crippen LogP contribution in [0.5, 0.6) is 0 Å². The van der Waals surface area contributed by atoms with E-state index in [1.807, 2.05) is 60.7 Å². The highest BCUT2D eigenvalue weighted by atomic mass is 79.9. The van der Waals surface area contributed by atoms with E-state index >= 15 is 0 Å². The quantitative estimate of drug-likeness (QED) is 0.619. The molecule has 2 rings (SSSR count). The number of alkyl halides is 2. The monoisotopic (exact) mass is 340 g/mol. The third kappa shape index (κ3) is 3.61. The summed E-state index contributed by atoms with van der Waals surface area (Å²) in [6.45, 7) is 0. The van der Waals surface area contributed by atoms with E-state index in [1.165, 1.54) is 0 Å². The van der Waals surface area contributed by atoms with E-state index in [1.54, 1.807) is 6.08 Å². The Bertz CT molecular complexity index is 530. The Hall–Kier alpha value is -0.760. The Labute approximate surface area is 125 Å². The van der Waals surface area contributed by atoms with Crippen molar-refractivity contribution in [1.82, 2.24) is 0 Å².